The summed E-state index contributed by atoms with van der Waals surface area (Å²) in [5.41, 5.74) is 0. The highest BCUT2D eigenvalue weighted by molar-refractivity contribution is 5.74. The standard InChI is InChI=1S/C63H112O12/c1-4-7-10-13-16-19-22-25-26-27-28-29-30-33-34-37-40-43-46-49-55(64)71-52-54(73-56(65)50-47-44-41-38-35-31-23-20-17-14-11-8-5-2)53-72-63-61(59(68)58(67)60(75-63)62(69)70)74-57(66)51-48-45-42-39-36-32-24-21-18-15-12-9-6-3/h8,11,17,20,31,35,54,58-61,63,67-68H,4-7,9-10,12-16,18-19,21-30,32-34,36-53H2,1-3H3,(H,69,70)/b11-8-,20-17-,35-31-. The minimum atomic E-state index is -1.90. The number of carboxylic acid groups (broad SMARTS) is 1. The van der Waals surface area contributed by atoms with Crippen LogP contribution in [0.1, 0.15) is 290 Å². The summed E-state index contributed by atoms with van der Waals surface area (Å²) in [5.74, 6) is -3.13. The van der Waals surface area contributed by atoms with E-state index in [4.69, 9.17) is 23.7 Å². The van der Waals surface area contributed by atoms with Gasteiger partial charge >= 0.3 is 23.9 Å². The van der Waals surface area contributed by atoms with E-state index in [1.165, 1.54) is 148 Å². The lowest BCUT2D eigenvalue weighted by Gasteiger charge is -2.40. The molecule has 12 heteroatoms. The van der Waals surface area contributed by atoms with Crippen molar-refractivity contribution in [1.29, 1.82) is 0 Å². The number of carbonyl (C=O) groups excluding carboxylic acids is 3. The molecule has 0 saturated carbocycles. The van der Waals surface area contributed by atoms with Crippen molar-refractivity contribution >= 4 is 23.9 Å². The molecule has 0 spiro atoms. The molecule has 0 aromatic heterocycles. The van der Waals surface area contributed by atoms with Crippen LogP contribution in [0, 0.1) is 0 Å². The Hall–Kier alpha value is -3.06. The molecule has 0 aliphatic carbocycles. The van der Waals surface area contributed by atoms with Gasteiger partial charge in [-0.25, -0.2) is 4.79 Å². The van der Waals surface area contributed by atoms with Crippen LogP contribution in [0.3, 0.4) is 0 Å². The summed E-state index contributed by atoms with van der Waals surface area (Å²) >= 11 is 0. The third-order valence-corrected chi connectivity index (χ3v) is 14.2. The normalized spacial score (nSPS) is 18.3. The van der Waals surface area contributed by atoms with Gasteiger partial charge < -0.3 is 39.0 Å². The van der Waals surface area contributed by atoms with Crippen LogP contribution in [0.2, 0.25) is 0 Å². The van der Waals surface area contributed by atoms with Crippen molar-refractivity contribution in [3.8, 4) is 0 Å². The molecule has 75 heavy (non-hydrogen) atoms. The monoisotopic (exact) mass is 1060 g/mol. The number of rotatable bonds is 53. The molecule has 1 aliphatic heterocycles. The summed E-state index contributed by atoms with van der Waals surface area (Å²) in [6, 6.07) is 0. The molecular weight excluding hydrogens is 949 g/mol. The SMILES string of the molecule is CC/C=C\C/C=C\C/C=C\CCCCCC(=O)OC(COC(=O)CCCCCCCCCCCCCCCCCCCCC)COC1OC(C(=O)O)C(O)C(O)C1OC(=O)CCCCCCCCCCCCCCC. The second kappa shape index (κ2) is 51.7. The predicted molar refractivity (Wildman–Crippen MR) is 303 cm³/mol. The number of esters is 3. The molecule has 0 bridgehead atoms. The van der Waals surface area contributed by atoms with Crippen molar-refractivity contribution in [2.24, 2.45) is 0 Å². The summed E-state index contributed by atoms with van der Waals surface area (Å²) < 4.78 is 28.4. The maximum absolute atomic E-state index is 13.1. The Labute approximate surface area is 457 Å². The molecule has 1 rings (SSSR count). The van der Waals surface area contributed by atoms with E-state index in [0.29, 0.717) is 19.3 Å². The summed E-state index contributed by atoms with van der Waals surface area (Å²) in [7, 11) is 0. The first-order valence-electron chi connectivity index (χ1n) is 31.0. The Kier molecular flexibility index (Phi) is 48.2. The van der Waals surface area contributed by atoms with Gasteiger partial charge in [0.05, 0.1) is 6.61 Å². The summed E-state index contributed by atoms with van der Waals surface area (Å²) in [6.07, 6.45) is 48.4. The minimum Gasteiger partial charge on any atom is -0.479 e. The number of aliphatic carboxylic acids is 1. The Morgan fingerprint density at radius 2 is 0.840 bits per heavy atom. The number of aliphatic hydroxyl groups excluding tert-OH is 2. The third kappa shape index (κ3) is 41.7. The average Bonchev–Trinajstić information content (AvgIpc) is 3.39. The molecule has 1 fully saturated rings. The van der Waals surface area contributed by atoms with Crippen LogP contribution in [0.25, 0.3) is 0 Å². The zero-order chi connectivity index (χ0) is 54.7. The highest BCUT2D eigenvalue weighted by Crippen LogP contribution is 2.27. The maximum atomic E-state index is 13.1. The zero-order valence-electron chi connectivity index (χ0n) is 48.1. The molecule has 0 amide bonds. The molecule has 6 unspecified atom stereocenters. The number of carboxylic acids is 1. The lowest BCUT2D eigenvalue weighted by molar-refractivity contribution is -0.301. The van der Waals surface area contributed by atoms with Gasteiger partial charge in [0.2, 0.25) is 0 Å². The quantitative estimate of drug-likeness (QED) is 0.0228. The Bertz CT molecular complexity index is 1450. The van der Waals surface area contributed by atoms with Crippen LogP contribution in [0.4, 0.5) is 0 Å². The minimum absolute atomic E-state index is 0.0622. The molecule has 0 aromatic rings. The Morgan fingerprint density at radius 1 is 0.453 bits per heavy atom. The van der Waals surface area contributed by atoms with E-state index in [-0.39, 0.29) is 25.9 Å². The van der Waals surface area contributed by atoms with E-state index in [9.17, 15) is 34.5 Å². The van der Waals surface area contributed by atoms with Crippen molar-refractivity contribution in [3.05, 3.63) is 36.5 Å². The highest BCUT2D eigenvalue weighted by Gasteiger charge is 2.50. The largest absolute Gasteiger partial charge is 0.479 e. The molecule has 0 radical (unpaired) electrons. The first-order valence-corrected chi connectivity index (χ1v) is 31.0. The van der Waals surface area contributed by atoms with Crippen LogP contribution >= 0.6 is 0 Å². The fraction of sp³-hybridized carbons (Fsp3) is 0.841. The zero-order valence-corrected chi connectivity index (χ0v) is 48.1. The molecule has 1 heterocycles. The van der Waals surface area contributed by atoms with Gasteiger partial charge in [-0.2, -0.15) is 0 Å². The maximum Gasteiger partial charge on any atom is 0.335 e. The molecule has 6 atom stereocenters. The van der Waals surface area contributed by atoms with E-state index in [0.717, 1.165) is 83.5 Å². The first kappa shape index (κ1) is 70.0. The highest BCUT2D eigenvalue weighted by atomic mass is 16.7. The number of ether oxygens (including phenoxy) is 5. The lowest BCUT2D eigenvalue weighted by atomic mass is 9.98. The van der Waals surface area contributed by atoms with E-state index >= 15 is 0 Å². The van der Waals surface area contributed by atoms with E-state index < -0.39 is 67.3 Å². The molecule has 12 nitrogen and oxygen atoms in total. The summed E-state index contributed by atoms with van der Waals surface area (Å²) in [4.78, 5) is 51.1. The summed E-state index contributed by atoms with van der Waals surface area (Å²) in [6.45, 7) is 5.88. The van der Waals surface area contributed by atoms with Crippen LogP contribution in [-0.2, 0) is 42.9 Å². The fourth-order valence-electron chi connectivity index (χ4n) is 9.50. The van der Waals surface area contributed by atoms with Crippen LogP contribution in [-0.4, -0.2) is 89.2 Å². The van der Waals surface area contributed by atoms with Gasteiger partial charge in [0, 0.05) is 19.3 Å². The number of unbranched alkanes of at least 4 members (excludes halogenated alkanes) is 33. The fourth-order valence-corrected chi connectivity index (χ4v) is 9.50. The summed E-state index contributed by atoms with van der Waals surface area (Å²) in [5, 5.41) is 31.5. The smallest absolute Gasteiger partial charge is 0.335 e. The average molecular weight is 1060 g/mol. The Balaban J connectivity index is 2.65. The number of allylic oxidation sites excluding steroid dienone is 6. The van der Waals surface area contributed by atoms with Crippen molar-refractivity contribution in [2.45, 2.75) is 327 Å². The van der Waals surface area contributed by atoms with Crippen molar-refractivity contribution < 1.29 is 58.2 Å². The number of hydrogen-bond acceptors (Lipinski definition) is 11. The molecule has 1 aliphatic rings. The molecule has 1 saturated heterocycles. The third-order valence-electron chi connectivity index (χ3n) is 14.2. The number of hydrogen-bond donors (Lipinski definition) is 3. The van der Waals surface area contributed by atoms with Gasteiger partial charge in [-0.15, -0.1) is 0 Å². The van der Waals surface area contributed by atoms with Crippen molar-refractivity contribution in [1.82, 2.24) is 0 Å². The molecular formula is C63H112O12. The molecule has 436 valence electrons. The van der Waals surface area contributed by atoms with Crippen LogP contribution in [0.5, 0.6) is 0 Å². The van der Waals surface area contributed by atoms with Gasteiger partial charge in [-0.1, -0.05) is 256 Å². The van der Waals surface area contributed by atoms with Gasteiger partial charge in [-0.3, -0.25) is 14.4 Å². The second-order valence-corrected chi connectivity index (χ2v) is 21.3. The first-order chi connectivity index (χ1) is 36.6. The number of carbonyl (C=O) groups is 4. The van der Waals surface area contributed by atoms with Crippen molar-refractivity contribution in [2.75, 3.05) is 13.2 Å². The van der Waals surface area contributed by atoms with Gasteiger partial charge in [-0.05, 0) is 51.4 Å². The lowest BCUT2D eigenvalue weighted by Crippen LogP contribution is -2.61. The topological polar surface area (TPSA) is 175 Å². The van der Waals surface area contributed by atoms with Gasteiger partial charge in [0.1, 0.15) is 18.8 Å². The molecule has 3 N–H and O–H groups in total. The van der Waals surface area contributed by atoms with E-state index in [1.807, 2.05) is 0 Å². The molecule has 0 aromatic carbocycles. The van der Waals surface area contributed by atoms with E-state index in [2.05, 4.69) is 57.2 Å². The van der Waals surface area contributed by atoms with E-state index in [1.54, 1.807) is 0 Å². The second-order valence-electron chi connectivity index (χ2n) is 21.3. The number of aliphatic hydroxyl groups is 2. The Morgan fingerprint density at radius 3 is 1.28 bits per heavy atom. The van der Waals surface area contributed by atoms with Gasteiger partial charge in [0.25, 0.3) is 0 Å². The van der Waals surface area contributed by atoms with Crippen LogP contribution < -0.4 is 0 Å². The van der Waals surface area contributed by atoms with Crippen molar-refractivity contribution in [3.63, 3.8) is 0 Å². The predicted octanol–water partition coefficient (Wildman–Crippen LogP) is 16.0. The van der Waals surface area contributed by atoms with Gasteiger partial charge in [0.15, 0.2) is 24.6 Å². The van der Waals surface area contributed by atoms with Crippen LogP contribution in [0.15, 0.2) is 36.5 Å².